The molecule has 0 bridgehead atoms. The van der Waals surface area contributed by atoms with E-state index in [1.54, 1.807) is 30.3 Å². The molecule has 7 nitrogen and oxygen atoms in total. The lowest BCUT2D eigenvalue weighted by Crippen LogP contribution is -2.53. The number of allylic oxidation sites excluding steroid dienone is 4. The van der Waals surface area contributed by atoms with Crippen molar-refractivity contribution in [2.45, 2.75) is 75.7 Å². The molecule has 244 valence electrons. The van der Waals surface area contributed by atoms with E-state index in [4.69, 9.17) is 27.9 Å². The maximum atomic E-state index is 17.4. The van der Waals surface area contributed by atoms with Gasteiger partial charge in [-0.1, -0.05) is 56.1 Å². The number of esters is 1. The summed E-state index contributed by atoms with van der Waals surface area (Å²) in [7, 11) is 1.37. The first-order chi connectivity index (χ1) is 21.7. The molecule has 1 amide bonds. The van der Waals surface area contributed by atoms with E-state index in [9.17, 15) is 14.9 Å². The summed E-state index contributed by atoms with van der Waals surface area (Å²) in [4.78, 5) is 28.4. The molecular formula is C35H38Cl2F2N4O3. The predicted molar refractivity (Wildman–Crippen MR) is 176 cm³/mol. The first-order valence-corrected chi connectivity index (χ1v) is 16.1. The Morgan fingerprint density at radius 3 is 2.52 bits per heavy atom. The third kappa shape index (κ3) is 6.40. The highest BCUT2D eigenvalue weighted by Crippen LogP contribution is 2.55. The summed E-state index contributed by atoms with van der Waals surface area (Å²) in [6.45, 7) is 6.59. The fourth-order valence-corrected chi connectivity index (χ4v) is 7.78. The number of nitriles is 1. The average Bonchev–Trinajstić information content (AvgIpc) is 3.60. The van der Waals surface area contributed by atoms with Gasteiger partial charge >= 0.3 is 5.97 Å². The van der Waals surface area contributed by atoms with Crippen molar-refractivity contribution in [2.75, 3.05) is 23.9 Å². The van der Waals surface area contributed by atoms with Crippen LogP contribution in [0.15, 0.2) is 65.7 Å². The quantitative estimate of drug-likeness (QED) is 0.303. The van der Waals surface area contributed by atoms with Crippen molar-refractivity contribution in [1.82, 2.24) is 5.32 Å². The molecule has 11 heteroatoms. The van der Waals surface area contributed by atoms with Crippen LogP contribution in [0.25, 0.3) is 0 Å². The molecule has 2 aliphatic heterocycles. The van der Waals surface area contributed by atoms with Crippen molar-refractivity contribution >= 4 is 46.5 Å². The van der Waals surface area contributed by atoms with Gasteiger partial charge in [0.15, 0.2) is 0 Å². The highest BCUT2D eigenvalue weighted by molar-refractivity contribution is 6.30. The molecule has 2 N–H and O–H groups in total. The third-order valence-corrected chi connectivity index (χ3v) is 9.71. The zero-order valence-corrected chi connectivity index (χ0v) is 27.8. The predicted octanol–water partition coefficient (Wildman–Crippen LogP) is 7.20. The van der Waals surface area contributed by atoms with Crippen LogP contribution in [0.3, 0.4) is 0 Å². The summed E-state index contributed by atoms with van der Waals surface area (Å²) < 4.78 is 38.3. The topological polar surface area (TPSA) is 94.5 Å². The molecule has 1 aliphatic carbocycles. The van der Waals surface area contributed by atoms with Crippen LogP contribution in [0.2, 0.25) is 5.02 Å². The monoisotopic (exact) mass is 670 g/mol. The Bertz CT molecular complexity index is 1600. The highest BCUT2D eigenvalue weighted by Gasteiger charge is 2.66. The van der Waals surface area contributed by atoms with E-state index in [1.165, 1.54) is 31.4 Å². The summed E-state index contributed by atoms with van der Waals surface area (Å²) in [5.74, 6) is -3.01. The molecule has 2 fully saturated rings. The van der Waals surface area contributed by atoms with Gasteiger partial charge in [-0.05, 0) is 73.2 Å². The number of anilines is 2. The Hall–Kier alpha value is -3.45. The van der Waals surface area contributed by atoms with Gasteiger partial charge in [0, 0.05) is 51.9 Å². The van der Waals surface area contributed by atoms with Crippen LogP contribution in [0, 0.1) is 28.5 Å². The maximum absolute atomic E-state index is 17.4. The number of nitrogens with zero attached hydrogens (tertiary/aromatic N) is 2. The second-order valence-electron chi connectivity index (χ2n) is 13.5. The first kappa shape index (κ1) is 33.9. The second kappa shape index (κ2) is 13.0. The van der Waals surface area contributed by atoms with E-state index in [1.807, 2.05) is 25.7 Å². The van der Waals surface area contributed by atoms with E-state index >= 15 is 8.78 Å². The van der Waals surface area contributed by atoms with E-state index in [0.29, 0.717) is 25.1 Å². The van der Waals surface area contributed by atoms with Crippen LogP contribution in [0.4, 0.5) is 20.2 Å². The molecule has 6 atom stereocenters. The lowest BCUT2D eigenvalue weighted by atomic mass is 9.59. The Morgan fingerprint density at radius 2 is 1.91 bits per heavy atom. The van der Waals surface area contributed by atoms with Crippen LogP contribution in [-0.4, -0.2) is 49.3 Å². The van der Waals surface area contributed by atoms with Crippen molar-refractivity contribution in [3.8, 4) is 6.07 Å². The second-order valence-corrected chi connectivity index (χ2v) is 14.5. The molecule has 2 aromatic rings. The minimum Gasteiger partial charge on any atom is -0.467 e. The fourth-order valence-electron chi connectivity index (χ4n) is 7.34. The van der Waals surface area contributed by atoms with E-state index in [-0.39, 0.29) is 39.5 Å². The lowest BCUT2D eigenvalue weighted by molar-refractivity contribution is -0.141. The number of rotatable bonds is 7. The molecule has 2 aromatic carbocycles. The molecule has 2 saturated heterocycles. The van der Waals surface area contributed by atoms with Crippen molar-refractivity contribution < 1.29 is 23.1 Å². The summed E-state index contributed by atoms with van der Waals surface area (Å²) in [6.07, 6.45) is 5.92. The van der Waals surface area contributed by atoms with Crippen molar-refractivity contribution in [1.29, 1.82) is 5.26 Å². The molecule has 5 rings (SSSR count). The number of nitrogens with one attached hydrogen (secondary N) is 2. The zero-order chi connectivity index (χ0) is 33.4. The van der Waals surface area contributed by atoms with Gasteiger partial charge in [0.05, 0.1) is 19.2 Å². The van der Waals surface area contributed by atoms with Gasteiger partial charge in [-0.2, -0.15) is 5.26 Å². The zero-order valence-electron chi connectivity index (χ0n) is 26.2. The lowest BCUT2D eigenvalue weighted by Gasteiger charge is -2.43. The summed E-state index contributed by atoms with van der Waals surface area (Å²) in [6, 6.07) is 10.9. The Morgan fingerprint density at radius 1 is 1.20 bits per heavy atom. The van der Waals surface area contributed by atoms with Crippen molar-refractivity contribution in [2.24, 2.45) is 11.3 Å². The maximum Gasteiger partial charge on any atom is 0.328 e. The van der Waals surface area contributed by atoms with Crippen LogP contribution in [0.5, 0.6) is 0 Å². The average molecular weight is 672 g/mol. The molecule has 2 heterocycles. The number of methoxy groups -OCH3 is 1. The van der Waals surface area contributed by atoms with E-state index < -0.39 is 40.8 Å². The molecule has 2 unspecified atom stereocenters. The number of halogens is 4. The van der Waals surface area contributed by atoms with Crippen LogP contribution < -0.4 is 15.5 Å². The minimum absolute atomic E-state index is 0.0346. The number of alkyl halides is 1. The van der Waals surface area contributed by atoms with Crippen LogP contribution >= 0.6 is 23.2 Å². The first-order valence-electron chi connectivity index (χ1n) is 15.3. The standard InChI is InChI=1S/C35H38Cl2F2N4O3/c1-33(2,3)19-28-35(20-40,25-14-9-21(36)17-26(25)38)30(34(39)15-5-7-22(37)18-34)29(42-28)31(44)41-23-10-12-24(13-11-23)43-16-6-8-27(43)32(45)46-4/h5,7,9-15,17,27-30,42H,6,8,16,18-19H2,1-4H3,(H,41,44)/t27?,28-,29+,30+,34?,35-/m0/s1. The van der Waals surface area contributed by atoms with E-state index in [2.05, 4.69) is 16.7 Å². The Kier molecular flexibility index (Phi) is 9.57. The molecule has 0 aromatic heterocycles. The molecular weight excluding hydrogens is 633 g/mol. The Labute approximate surface area is 278 Å². The van der Waals surface area contributed by atoms with Gasteiger partial charge in [0.2, 0.25) is 5.91 Å². The van der Waals surface area contributed by atoms with Crippen molar-refractivity contribution in [3.05, 3.63) is 82.1 Å². The number of carbonyl (C=O) groups excluding carboxylic acids is 2. The molecule has 3 aliphatic rings. The molecule has 0 radical (unpaired) electrons. The van der Waals surface area contributed by atoms with E-state index in [0.717, 1.165) is 18.2 Å². The van der Waals surface area contributed by atoms with Crippen molar-refractivity contribution in [3.63, 3.8) is 0 Å². The molecule has 46 heavy (non-hydrogen) atoms. The SMILES string of the molecule is COC(=O)C1CCCN1c1ccc(NC(=O)[C@@H]2N[C@@H](CC(C)(C)C)[C@](C#N)(c3ccc(Cl)cc3F)[C@H]2C2(F)C=CC=C(Cl)C2)cc1. The van der Waals surface area contributed by atoms with Gasteiger partial charge in [0.25, 0.3) is 0 Å². The number of hydrogen-bond acceptors (Lipinski definition) is 6. The number of carbonyl (C=O) groups is 2. The number of amides is 1. The van der Waals surface area contributed by atoms with Crippen LogP contribution in [0.1, 0.15) is 52.0 Å². The molecule has 0 spiro atoms. The number of benzene rings is 2. The Balaban J connectivity index is 1.55. The van der Waals surface area contributed by atoms with Gasteiger partial charge in [0.1, 0.15) is 22.9 Å². The normalized spacial score (nSPS) is 29.3. The summed E-state index contributed by atoms with van der Waals surface area (Å²) in [5, 5.41) is 17.5. The summed E-state index contributed by atoms with van der Waals surface area (Å²) in [5.41, 5.74) is -3.28. The smallest absolute Gasteiger partial charge is 0.328 e. The van der Waals surface area contributed by atoms with Gasteiger partial charge < -0.3 is 20.3 Å². The van der Waals surface area contributed by atoms with Gasteiger partial charge in [-0.15, -0.1) is 0 Å². The van der Waals surface area contributed by atoms with Gasteiger partial charge in [-0.25, -0.2) is 13.6 Å². The minimum atomic E-state index is -2.28. The largest absolute Gasteiger partial charge is 0.467 e. The fraction of sp³-hybridized carbons (Fsp3) is 0.457. The summed E-state index contributed by atoms with van der Waals surface area (Å²) >= 11 is 12.5. The van der Waals surface area contributed by atoms with Gasteiger partial charge in [-0.3, -0.25) is 4.79 Å². The number of ether oxygens (including phenoxy) is 1. The molecule has 0 saturated carbocycles. The highest BCUT2D eigenvalue weighted by atomic mass is 35.5. The number of hydrogen-bond donors (Lipinski definition) is 2. The van der Waals surface area contributed by atoms with Crippen LogP contribution in [-0.2, 0) is 19.7 Å². The third-order valence-electron chi connectivity index (χ3n) is 9.21.